The highest BCUT2D eigenvalue weighted by molar-refractivity contribution is 9.10. The molecule has 1 fully saturated rings. The Hall–Kier alpha value is -2.54. The molecule has 0 spiro atoms. The maximum absolute atomic E-state index is 13.1. The third-order valence-corrected chi connectivity index (χ3v) is 5.69. The van der Waals surface area contributed by atoms with E-state index in [1.54, 1.807) is 4.90 Å². The summed E-state index contributed by atoms with van der Waals surface area (Å²) in [6, 6.07) is 15.6. The molecule has 2 aromatic rings. The van der Waals surface area contributed by atoms with E-state index >= 15 is 0 Å². The summed E-state index contributed by atoms with van der Waals surface area (Å²) in [7, 11) is 0. The first-order chi connectivity index (χ1) is 15.1. The minimum absolute atomic E-state index is 0.0176. The van der Waals surface area contributed by atoms with Crippen molar-refractivity contribution in [1.29, 1.82) is 0 Å². The molecule has 1 heterocycles. The lowest BCUT2D eigenvalue weighted by atomic mass is 10.1. The normalized spacial score (nSPS) is 16.6. The Morgan fingerprint density at radius 1 is 1.09 bits per heavy atom. The zero-order valence-corrected chi connectivity index (χ0v) is 20.7. The number of hydrogen-bond acceptors (Lipinski definition) is 4. The number of hydrogen-bond donors (Lipinski definition) is 0. The largest absolute Gasteiger partial charge is 0.489 e. The summed E-state index contributed by atoms with van der Waals surface area (Å²) in [6.45, 7) is 9.35. The molecule has 6 nitrogen and oxygen atoms in total. The summed E-state index contributed by atoms with van der Waals surface area (Å²) >= 11 is 3.50. The first-order valence-electron chi connectivity index (χ1n) is 10.8. The fourth-order valence-electron chi connectivity index (χ4n) is 3.65. The quantitative estimate of drug-likeness (QED) is 0.574. The van der Waals surface area contributed by atoms with Crippen LogP contribution in [0.4, 0.5) is 4.79 Å². The van der Waals surface area contributed by atoms with Crippen LogP contribution in [0.2, 0.25) is 0 Å². The van der Waals surface area contributed by atoms with E-state index < -0.39 is 5.60 Å². The topological polar surface area (TPSA) is 59.1 Å². The molecule has 1 aliphatic rings. The average Bonchev–Trinajstić information content (AvgIpc) is 2.72. The van der Waals surface area contributed by atoms with Crippen LogP contribution in [0.25, 0.3) is 0 Å². The molecule has 3 rings (SSSR count). The molecule has 1 atom stereocenters. The maximum Gasteiger partial charge on any atom is 0.410 e. The summed E-state index contributed by atoms with van der Waals surface area (Å²) in [5.74, 6) is 0.717. The molecule has 1 saturated heterocycles. The van der Waals surface area contributed by atoms with Gasteiger partial charge in [-0.3, -0.25) is 4.79 Å². The van der Waals surface area contributed by atoms with Crippen LogP contribution in [-0.4, -0.2) is 53.1 Å². The second-order valence-electron chi connectivity index (χ2n) is 9.07. The van der Waals surface area contributed by atoms with E-state index in [2.05, 4.69) is 15.9 Å². The van der Waals surface area contributed by atoms with Crippen molar-refractivity contribution in [2.45, 2.75) is 52.4 Å². The van der Waals surface area contributed by atoms with Gasteiger partial charge in [0, 0.05) is 35.7 Å². The lowest BCUT2D eigenvalue weighted by molar-refractivity contribution is -0.134. The number of amides is 2. The predicted molar refractivity (Wildman–Crippen MR) is 128 cm³/mol. The average molecular weight is 503 g/mol. The van der Waals surface area contributed by atoms with E-state index in [0.29, 0.717) is 32.0 Å². The highest BCUT2D eigenvalue weighted by atomic mass is 79.9. The number of carbonyl (C=O) groups excluding carboxylic acids is 2. The van der Waals surface area contributed by atoms with Crippen molar-refractivity contribution in [2.24, 2.45) is 0 Å². The van der Waals surface area contributed by atoms with E-state index in [-0.39, 0.29) is 24.5 Å². The molecular weight excluding hydrogens is 472 g/mol. The molecule has 0 aliphatic carbocycles. The van der Waals surface area contributed by atoms with Gasteiger partial charge in [0.1, 0.15) is 18.0 Å². The van der Waals surface area contributed by atoms with Gasteiger partial charge in [-0.2, -0.15) is 0 Å². The summed E-state index contributed by atoms with van der Waals surface area (Å²) in [4.78, 5) is 29.0. The fourth-order valence-corrected chi connectivity index (χ4v) is 4.06. The number of carbonyl (C=O) groups is 2. The highest BCUT2D eigenvalue weighted by Crippen LogP contribution is 2.26. The molecule has 0 saturated carbocycles. The van der Waals surface area contributed by atoms with Crippen LogP contribution in [0.1, 0.15) is 38.8 Å². The van der Waals surface area contributed by atoms with Crippen molar-refractivity contribution in [3.05, 3.63) is 64.1 Å². The summed E-state index contributed by atoms with van der Waals surface area (Å²) < 4.78 is 12.4. The number of halogens is 1. The SMILES string of the molecule is C[C@@H]1CN(C(=O)OC(C)(C)C)CCN1C(=O)Cc1cc(Br)ccc1OCc1ccccc1. The summed E-state index contributed by atoms with van der Waals surface area (Å²) in [5, 5.41) is 0. The van der Waals surface area contributed by atoms with Crippen molar-refractivity contribution in [3.63, 3.8) is 0 Å². The van der Waals surface area contributed by atoms with Crippen LogP contribution in [0.3, 0.4) is 0 Å². The summed E-state index contributed by atoms with van der Waals surface area (Å²) in [6.07, 6.45) is -0.0968. The minimum atomic E-state index is -0.538. The van der Waals surface area contributed by atoms with E-state index in [1.807, 2.05) is 81.1 Å². The molecule has 7 heteroatoms. The van der Waals surface area contributed by atoms with Crippen LogP contribution >= 0.6 is 15.9 Å². The van der Waals surface area contributed by atoms with Crippen molar-refractivity contribution in [1.82, 2.24) is 9.80 Å². The fraction of sp³-hybridized carbons (Fsp3) is 0.440. The van der Waals surface area contributed by atoms with E-state index in [1.165, 1.54) is 0 Å². The molecule has 0 bridgehead atoms. The Balaban J connectivity index is 1.63. The molecule has 2 aromatic carbocycles. The first-order valence-corrected chi connectivity index (χ1v) is 11.6. The van der Waals surface area contributed by atoms with Gasteiger partial charge < -0.3 is 19.3 Å². The second kappa shape index (κ2) is 10.4. The Morgan fingerprint density at radius 3 is 2.47 bits per heavy atom. The van der Waals surface area contributed by atoms with Crippen molar-refractivity contribution in [3.8, 4) is 5.75 Å². The Kier molecular flexibility index (Phi) is 7.82. The predicted octanol–water partition coefficient (Wildman–Crippen LogP) is 5.04. The number of rotatable bonds is 5. The standard InChI is InChI=1S/C25H31BrN2O4/c1-18-16-27(24(30)32-25(2,3)4)12-13-28(18)23(29)15-20-14-21(26)10-11-22(20)31-17-19-8-6-5-7-9-19/h5-11,14,18H,12-13,15-17H2,1-4H3/t18-/m1/s1. The van der Waals surface area contributed by atoms with Gasteiger partial charge in [-0.05, 0) is 51.5 Å². The highest BCUT2D eigenvalue weighted by Gasteiger charge is 2.32. The zero-order valence-electron chi connectivity index (χ0n) is 19.1. The third-order valence-electron chi connectivity index (χ3n) is 5.20. The Bertz CT molecular complexity index is 943. The lowest BCUT2D eigenvalue weighted by Crippen LogP contribution is -2.56. The van der Waals surface area contributed by atoms with Crippen LogP contribution in [0.5, 0.6) is 5.75 Å². The zero-order chi connectivity index (χ0) is 23.3. The Labute approximate surface area is 198 Å². The molecule has 0 aromatic heterocycles. The molecular formula is C25H31BrN2O4. The van der Waals surface area contributed by atoms with Crippen LogP contribution in [0, 0.1) is 0 Å². The van der Waals surface area contributed by atoms with Gasteiger partial charge in [0.15, 0.2) is 0 Å². The van der Waals surface area contributed by atoms with E-state index in [9.17, 15) is 9.59 Å². The van der Waals surface area contributed by atoms with Crippen LogP contribution in [0.15, 0.2) is 53.0 Å². The minimum Gasteiger partial charge on any atom is -0.489 e. The van der Waals surface area contributed by atoms with Gasteiger partial charge in [-0.1, -0.05) is 46.3 Å². The monoisotopic (exact) mass is 502 g/mol. The summed E-state index contributed by atoms with van der Waals surface area (Å²) in [5.41, 5.74) is 1.37. The van der Waals surface area contributed by atoms with Crippen LogP contribution in [-0.2, 0) is 22.6 Å². The van der Waals surface area contributed by atoms with Gasteiger partial charge in [-0.15, -0.1) is 0 Å². The molecule has 172 valence electrons. The van der Waals surface area contributed by atoms with Gasteiger partial charge in [-0.25, -0.2) is 4.79 Å². The molecule has 2 amide bonds. The molecule has 32 heavy (non-hydrogen) atoms. The lowest BCUT2D eigenvalue weighted by Gasteiger charge is -2.40. The van der Waals surface area contributed by atoms with Gasteiger partial charge in [0.2, 0.25) is 5.91 Å². The molecule has 0 radical (unpaired) electrons. The first kappa shape index (κ1) is 24.1. The van der Waals surface area contributed by atoms with Crippen molar-refractivity contribution >= 4 is 27.9 Å². The number of ether oxygens (including phenoxy) is 2. The van der Waals surface area contributed by atoms with Gasteiger partial charge >= 0.3 is 6.09 Å². The van der Waals surface area contributed by atoms with Crippen molar-refractivity contribution in [2.75, 3.05) is 19.6 Å². The van der Waals surface area contributed by atoms with Gasteiger partial charge in [0.05, 0.1) is 6.42 Å². The third kappa shape index (κ3) is 6.73. The Morgan fingerprint density at radius 2 is 1.81 bits per heavy atom. The maximum atomic E-state index is 13.1. The second-order valence-corrected chi connectivity index (χ2v) is 9.98. The van der Waals surface area contributed by atoms with E-state index in [0.717, 1.165) is 15.6 Å². The molecule has 0 N–H and O–H groups in total. The number of benzene rings is 2. The van der Waals surface area contributed by atoms with Gasteiger partial charge in [0.25, 0.3) is 0 Å². The smallest absolute Gasteiger partial charge is 0.410 e. The number of nitrogens with zero attached hydrogens (tertiary/aromatic N) is 2. The van der Waals surface area contributed by atoms with E-state index in [4.69, 9.17) is 9.47 Å². The molecule has 0 unspecified atom stereocenters. The van der Waals surface area contributed by atoms with Crippen LogP contribution < -0.4 is 4.74 Å². The molecule has 1 aliphatic heterocycles. The number of piperazine rings is 1. The van der Waals surface area contributed by atoms with Crippen molar-refractivity contribution < 1.29 is 19.1 Å².